The van der Waals surface area contributed by atoms with E-state index >= 15 is 0 Å². The number of rotatable bonds is 1. The maximum Gasteiger partial charge on any atom is 0.254 e. The van der Waals surface area contributed by atoms with Gasteiger partial charge in [0, 0.05) is 20.3 Å². The molecule has 0 bridgehead atoms. The molecule has 2 aromatic rings. The molecule has 0 radical (unpaired) electrons. The zero-order valence-electron chi connectivity index (χ0n) is 7.50. The predicted octanol–water partition coefficient (Wildman–Crippen LogP) is 1.60. The SMILES string of the molecule is CNC(=O)c1cn(C)c2ccsc12. The maximum absolute atomic E-state index is 11.4. The molecule has 13 heavy (non-hydrogen) atoms. The third-order valence-corrected chi connectivity index (χ3v) is 3.00. The number of fused-ring (bicyclic) bond motifs is 1. The monoisotopic (exact) mass is 194 g/mol. The lowest BCUT2D eigenvalue weighted by Gasteiger charge is -1.93. The number of hydrogen-bond donors (Lipinski definition) is 1. The molecule has 0 unspecified atom stereocenters. The summed E-state index contributed by atoms with van der Waals surface area (Å²) in [6.07, 6.45) is 1.86. The molecule has 2 aromatic heterocycles. The molecule has 1 N–H and O–H groups in total. The highest BCUT2D eigenvalue weighted by Gasteiger charge is 2.12. The van der Waals surface area contributed by atoms with Gasteiger partial charge in [0.25, 0.3) is 5.91 Å². The molecular formula is C9H10N2OS. The lowest BCUT2D eigenvalue weighted by Crippen LogP contribution is -2.17. The molecule has 3 nitrogen and oxygen atoms in total. The Labute approximate surface area is 80.0 Å². The van der Waals surface area contributed by atoms with Crippen LogP contribution in [0.3, 0.4) is 0 Å². The summed E-state index contributed by atoms with van der Waals surface area (Å²) in [4.78, 5) is 11.4. The first-order valence-corrected chi connectivity index (χ1v) is 4.86. The van der Waals surface area contributed by atoms with Gasteiger partial charge >= 0.3 is 0 Å². The summed E-state index contributed by atoms with van der Waals surface area (Å²) in [5.74, 6) is -0.0203. The summed E-state index contributed by atoms with van der Waals surface area (Å²) in [5.41, 5.74) is 1.87. The van der Waals surface area contributed by atoms with Crippen LogP contribution >= 0.6 is 11.3 Å². The summed E-state index contributed by atoms with van der Waals surface area (Å²) in [6, 6.07) is 2.02. The van der Waals surface area contributed by atoms with Crippen molar-refractivity contribution in [2.24, 2.45) is 7.05 Å². The van der Waals surface area contributed by atoms with Crippen LogP contribution in [-0.2, 0) is 7.05 Å². The number of nitrogens with zero attached hydrogens (tertiary/aromatic N) is 1. The highest BCUT2D eigenvalue weighted by molar-refractivity contribution is 7.17. The number of aryl methyl sites for hydroxylation is 1. The van der Waals surface area contributed by atoms with Gasteiger partial charge in [-0.25, -0.2) is 0 Å². The van der Waals surface area contributed by atoms with Gasteiger partial charge in [-0.2, -0.15) is 0 Å². The molecule has 0 aromatic carbocycles. The van der Waals surface area contributed by atoms with E-state index in [1.165, 1.54) is 0 Å². The average Bonchev–Trinajstić information content (AvgIpc) is 2.68. The van der Waals surface area contributed by atoms with E-state index < -0.39 is 0 Å². The minimum absolute atomic E-state index is 0.0203. The van der Waals surface area contributed by atoms with Crippen molar-refractivity contribution < 1.29 is 4.79 Å². The Kier molecular flexibility index (Phi) is 1.84. The van der Waals surface area contributed by atoms with Crippen LogP contribution in [0.2, 0.25) is 0 Å². The molecule has 0 fully saturated rings. The van der Waals surface area contributed by atoms with E-state index in [0.717, 1.165) is 15.8 Å². The first-order chi connectivity index (χ1) is 6.24. The Balaban J connectivity index is 2.68. The molecule has 0 spiro atoms. The van der Waals surface area contributed by atoms with Crippen molar-refractivity contribution in [2.75, 3.05) is 7.05 Å². The highest BCUT2D eigenvalue weighted by atomic mass is 32.1. The molecule has 2 heterocycles. The van der Waals surface area contributed by atoms with E-state index in [-0.39, 0.29) is 5.91 Å². The van der Waals surface area contributed by atoms with E-state index in [2.05, 4.69) is 5.32 Å². The van der Waals surface area contributed by atoms with Gasteiger partial charge in [-0.3, -0.25) is 4.79 Å². The molecule has 1 amide bonds. The van der Waals surface area contributed by atoms with Gasteiger partial charge in [-0.15, -0.1) is 11.3 Å². The van der Waals surface area contributed by atoms with Crippen LogP contribution < -0.4 is 5.32 Å². The van der Waals surface area contributed by atoms with Crippen molar-refractivity contribution in [2.45, 2.75) is 0 Å². The Bertz CT molecular complexity index is 455. The highest BCUT2D eigenvalue weighted by Crippen LogP contribution is 2.25. The predicted molar refractivity (Wildman–Crippen MR) is 54.2 cm³/mol. The van der Waals surface area contributed by atoms with Crippen LogP contribution in [0.25, 0.3) is 10.2 Å². The van der Waals surface area contributed by atoms with Crippen LogP contribution in [0.1, 0.15) is 10.4 Å². The molecule has 0 saturated heterocycles. The smallest absolute Gasteiger partial charge is 0.254 e. The van der Waals surface area contributed by atoms with Crippen molar-refractivity contribution >= 4 is 27.5 Å². The number of hydrogen-bond acceptors (Lipinski definition) is 2. The topological polar surface area (TPSA) is 34.0 Å². The summed E-state index contributed by atoms with van der Waals surface area (Å²) >= 11 is 1.60. The normalized spacial score (nSPS) is 10.6. The van der Waals surface area contributed by atoms with Crippen molar-refractivity contribution in [3.05, 3.63) is 23.2 Å². The molecule has 4 heteroatoms. The van der Waals surface area contributed by atoms with Crippen LogP contribution in [-0.4, -0.2) is 17.5 Å². The number of carbonyl (C=O) groups is 1. The second-order valence-electron chi connectivity index (χ2n) is 2.87. The van der Waals surface area contributed by atoms with Gasteiger partial charge in [0.2, 0.25) is 0 Å². The fourth-order valence-electron chi connectivity index (χ4n) is 1.40. The lowest BCUT2D eigenvalue weighted by atomic mass is 10.3. The maximum atomic E-state index is 11.4. The number of carbonyl (C=O) groups excluding carboxylic acids is 1. The minimum atomic E-state index is -0.0203. The van der Waals surface area contributed by atoms with Gasteiger partial charge in [0.05, 0.1) is 15.8 Å². The van der Waals surface area contributed by atoms with E-state index in [4.69, 9.17) is 0 Å². The molecule has 0 aliphatic rings. The Morgan fingerprint density at radius 1 is 1.62 bits per heavy atom. The quantitative estimate of drug-likeness (QED) is 0.735. The third kappa shape index (κ3) is 1.14. The first kappa shape index (κ1) is 8.31. The fraction of sp³-hybridized carbons (Fsp3) is 0.222. The van der Waals surface area contributed by atoms with Gasteiger partial charge in [0.1, 0.15) is 0 Å². The summed E-state index contributed by atoms with van der Waals surface area (Å²) in [6.45, 7) is 0. The summed E-state index contributed by atoms with van der Waals surface area (Å²) < 4.78 is 3.03. The van der Waals surface area contributed by atoms with Crippen molar-refractivity contribution in [1.29, 1.82) is 0 Å². The third-order valence-electron chi connectivity index (χ3n) is 2.06. The molecule has 2 rings (SSSR count). The molecule has 68 valence electrons. The van der Waals surface area contributed by atoms with Gasteiger partial charge in [-0.1, -0.05) is 0 Å². The number of thiophene rings is 1. The first-order valence-electron chi connectivity index (χ1n) is 3.98. The molecule has 0 atom stereocenters. The number of amides is 1. The number of nitrogens with one attached hydrogen (secondary N) is 1. The van der Waals surface area contributed by atoms with Crippen LogP contribution in [0.15, 0.2) is 17.6 Å². The number of aromatic nitrogens is 1. The lowest BCUT2D eigenvalue weighted by molar-refractivity contribution is 0.0964. The van der Waals surface area contributed by atoms with Crippen molar-refractivity contribution in [3.63, 3.8) is 0 Å². The second-order valence-corrected chi connectivity index (χ2v) is 3.78. The van der Waals surface area contributed by atoms with E-state index in [0.29, 0.717) is 0 Å². The van der Waals surface area contributed by atoms with E-state index in [1.54, 1.807) is 18.4 Å². The van der Waals surface area contributed by atoms with Crippen LogP contribution in [0.4, 0.5) is 0 Å². The molecule has 0 aliphatic heterocycles. The van der Waals surface area contributed by atoms with Crippen molar-refractivity contribution in [3.8, 4) is 0 Å². The summed E-state index contributed by atoms with van der Waals surface area (Å²) in [7, 11) is 3.59. The Hall–Kier alpha value is -1.29. The van der Waals surface area contributed by atoms with Crippen LogP contribution in [0, 0.1) is 0 Å². The second kappa shape index (κ2) is 2.88. The van der Waals surface area contributed by atoms with E-state index in [9.17, 15) is 4.79 Å². The largest absolute Gasteiger partial charge is 0.355 e. The van der Waals surface area contributed by atoms with Gasteiger partial charge in [-0.05, 0) is 11.4 Å². The Morgan fingerprint density at radius 3 is 3.08 bits per heavy atom. The van der Waals surface area contributed by atoms with Crippen LogP contribution in [0.5, 0.6) is 0 Å². The zero-order chi connectivity index (χ0) is 9.42. The molecule has 0 saturated carbocycles. The van der Waals surface area contributed by atoms with Gasteiger partial charge in [0.15, 0.2) is 0 Å². The molecular weight excluding hydrogens is 184 g/mol. The van der Waals surface area contributed by atoms with Gasteiger partial charge < -0.3 is 9.88 Å². The standard InChI is InChI=1S/C9H10N2OS/c1-10-9(12)6-5-11(2)7-3-4-13-8(6)7/h3-5H,1-2H3,(H,10,12). The zero-order valence-corrected chi connectivity index (χ0v) is 8.31. The average molecular weight is 194 g/mol. The summed E-state index contributed by atoms with van der Waals surface area (Å²) in [5, 5.41) is 4.63. The molecule has 0 aliphatic carbocycles. The minimum Gasteiger partial charge on any atom is -0.355 e. The fourth-order valence-corrected chi connectivity index (χ4v) is 2.34. The Morgan fingerprint density at radius 2 is 2.38 bits per heavy atom. The van der Waals surface area contributed by atoms with Crippen molar-refractivity contribution in [1.82, 2.24) is 9.88 Å². The van der Waals surface area contributed by atoms with E-state index in [1.807, 2.05) is 29.3 Å².